The molecule has 0 amide bonds. The standard InChI is InChI=1S/C24H25N3O3S/c1-16-11-12-19(17(2)14-16)27-22(15-21(26-27)24(3,4)5)30-31(28,29)20-10-6-8-18-9-7-13-25-23(18)20/h6-15H,1-5H3. The number of nitrogens with zero attached hydrogens (tertiary/aromatic N) is 3. The van der Waals surface area contributed by atoms with Gasteiger partial charge in [-0.15, -0.1) is 0 Å². The minimum absolute atomic E-state index is 0.0243. The highest BCUT2D eigenvalue weighted by Gasteiger charge is 2.27. The third kappa shape index (κ3) is 4.05. The van der Waals surface area contributed by atoms with Gasteiger partial charge in [-0.2, -0.15) is 18.2 Å². The van der Waals surface area contributed by atoms with Crippen LogP contribution in [0.2, 0.25) is 0 Å². The van der Waals surface area contributed by atoms with Crippen molar-refractivity contribution in [3.05, 3.63) is 77.6 Å². The number of pyridine rings is 1. The summed E-state index contributed by atoms with van der Waals surface area (Å²) in [5.74, 6) is 0.143. The third-order valence-electron chi connectivity index (χ3n) is 5.09. The first kappa shape index (κ1) is 21.1. The van der Waals surface area contributed by atoms with Crippen molar-refractivity contribution in [3.8, 4) is 11.6 Å². The van der Waals surface area contributed by atoms with Gasteiger partial charge in [-0.05, 0) is 37.6 Å². The largest absolute Gasteiger partial charge is 0.358 e. The van der Waals surface area contributed by atoms with Crippen molar-refractivity contribution < 1.29 is 12.6 Å². The molecule has 4 rings (SSSR count). The zero-order valence-electron chi connectivity index (χ0n) is 18.2. The van der Waals surface area contributed by atoms with Gasteiger partial charge in [-0.1, -0.05) is 56.7 Å². The molecule has 0 spiro atoms. The van der Waals surface area contributed by atoms with Gasteiger partial charge in [0.2, 0.25) is 5.88 Å². The quantitative estimate of drug-likeness (QED) is 0.417. The van der Waals surface area contributed by atoms with Gasteiger partial charge >= 0.3 is 10.1 Å². The Morgan fingerprint density at radius 1 is 0.968 bits per heavy atom. The molecule has 0 saturated heterocycles. The van der Waals surface area contributed by atoms with Crippen LogP contribution in [-0.4, -0.2) is 23.2 Å². The minimum atomic E-state index is -4.15. The smallest absolute Gasteiger partial charge is 0.342 e. The number of aryl methyl sites for hydroxylation is 2. The molecule has 0 aliphatic rings. The zero-order valence-corrected chi connectivity index (χ0v) is 19.1. The highest BCUT2D eigenvalue weighted by atomic mass is 32.2. The van der Waals surface area contributed by atoms with E-state index < -0.39 is 10.1 Å². The number of aromatic nitrogens is 3. The molecule has 0 atom stereocenters. The van der Waals surface area contributed by atoms with Crippen LogP contribution in [0, 0.1) is 13.8 Å². The Balaban J connectivity index is 1.86. The molecule has 2 aromatic carbocycles. The summed E-state index contributed by atoms with van der Waals surface area (Å²) in [5.41, 5.74) is 3.67. The topological polar surface area (TPSA) is 74.1 Å². The first-order valence-corrected chi connectivity index (χ1v) is 11.4. The Morgan fingerprint density at radius 3 is 2.42 bits per heavy atom. The summed E-state index contributed by atoms with van der Waals surface area (Å²) < 4.78 is 33.8. The van der Waals surface area contributed by atoms with Gasteiger partial charge in [0.25, 0.3) is 0 Å². The fourth-order valence-corrected chi connectivity index (χ4v) is 4.53. The number of rotatable bonds is 4. The summed E-state index contributed by atoms with van der Waals surface area (Å²) in [6.45, 7) is 10.0. The average molecular weight is 436 g/mol. The van der Waals surface area contributed by atoms with E-state index in [1.807, 2.05) is 65.0 Å². The van der Waals surface area contributed by atoms with Crippen molar-refractivity contribution >= 4 is 21.0 Å². The minimum Gasteiger partial charge on any atom is -0.358 e. The maximum Gasteiger partial charge on any atom is 0.342 e. The second kappa shape index (κ2) is 7.50. The van der Waals surface area contributed by atoms with Crippen molar-refractivity contribution in [1.29, 1.82) is 0 Å². The molecule has 31 heavy (non-hydrogen) atoms. The Morgan fingerprint density at radius 2 is 1.71 bits per heavy atom. The van der Waals surface area contributed by atoms with E-state index in [4.69, 9.17) is 9.28 Å². The summed E-state index contributed by atoms with van der Waals surface area (Å²) in [6, 6.07) is 16.2. The van der Waals surface area contributed by atoms with Crippen LogP contribution < -0.4 is 4.18 Å². The van der Waals surface area contributed by atoms with E-state index in [9.17, 15) is 8.42 Å². The number of para-hydroxylation sites is 1. The number of fused-ring (bicyclic) bond motifs is 1. The van der Waals surface area contributed by atoms with Gasteiger partial charge < -0.3 is 4.18 Å². The average Bonchev–Trinajstić information content (AvgIpc) is 3.11. The molecule has 0 unspecified atom stereocenters. The van der Waals surface area contributed by atoms with Crippen molar-refractivity contribution in [1.82, 2.24) is 14.8 Å². The molecular weight excluding hydrogens is 410 g/mol. The van der Waals surface area contributed by atoms with Crippen molar-refractivity contribution in [2.75, 3.05) is 0 Å². The van der Waals surface area contributed by atoms with Crippen LogP contribution in [0.25, 0.3) is 16.6 Å². The van der Waals surface area contributed by atoms with Crippen molar-refractivity contribution in [2.24, 2.45) is 0 Å². The lowest BCUT2D eigenvalue weighted by Gasteiger charge is -2.14. The van der Waals surface area contributed by atoms with Crippen LogP contribution in [0.3, 0.4) is 0 Å². The van der Waals surface area contributed by atoms with Crippen molar-refractivity contribution in [3.63, 3.8) is 0 Å². The first-order valence-electron chi connectivity index (χ1n) is 10.0. The number of benzene rings is 2. The lowest BCUT2D eigenvalue weighted by atomic mass is 9.93. The van der Waals surface area contributed by atoms with Crippen LogP contribution in [0.5, 0.6) is 5.88 Å². The molecule has 4 aromatic rings. The summed E-state index contributed by atoms with van der Waals surface area (Å²) in [6.07, 6.45) is 1.57. The molecule has 0 saturated carbocycles. The van der Waals surface area contributed by atoms with E-state index in [1.54, 1.807) is 29.1 Å². The second-order valence-corrected chi connectivity index (χ2v) is 10.2. The van der Waals surface area contributed by atoms with Crippen molar-refractivity contribution in [2.45, 2.75) is 44.9 Å². The monoisotopic (exact) mass is 435 g/mol. The molecule has 0 N–H and O–H groups in total. The van der Waals surface area contributed by atoms with E-state index in [0.29, 0.717) is 5.52 Å². The Kier molecular flexibility index (Phi) is 5.09. The SMILES string of the molecule is Cc1ccc(-n2nc(C(C)(C)C)cc2OS(=O)(=O)c2cccc3cccnc23)c(C)c1. The second-order valence-electron chi connectivity index (χ2n) is 8.69. The van der Waals surface area contributed by atoms with Gasteiger partial charge in [0, 0.05) is 23.1 Å². The molecule has 2 aromatic heterocycles. The molecule has 6 nitrogen and oxygen atoms in total. The molecule has 0 bridgehead atoms. The maximum atomic E-state index is 13.3. The van der Waals surface area contributed by atoms with E-state index in [1.165, 1.54) is 6.07 Å². The molecule has 0 aliphatic carbocycles. The lowest BCUT2D eigenvalue weighted by Crippen LogP contribution is -2.14. The molecular formula is C24H25N3O3S. The Labute approximate surface area is 182 Å². The van der Waals surface area contributed by atoms with Gasteiger partial charge in [0.05, 0.1) is 16.9 Å². The Bertz CT molecular complexity index is 1380. The predicted molar refractivity (Wildman–Crippen MR) is 121 cm³/mol. The fraction of sp³-hybridized carbons (Fsp3) is 0.250. The van der Waals surface area contributed by atoms with Crippen LogP contribution in [0.1, 0.15) is 37.6 Å². The van der Waals surface area contributed by atoms with E-state index in [0.717, 1.165) is 27.9 Å². The summed E-state index contributed by atoms with van der Waals surface area (Å²) >= 11 is 0. The molecule has 7 heteroatoms. The fourth-order valence-electron chi connectivity index (χ4n) is 3.44. The van der Waals surface area contributed by atoms with Gasteiger partial charge in [-0.3, -0.25) is 4.98 Å². The lowest BCUT2D eigenvalue weighted by molar-refractivity contribution is 0.465. The summed E-state index contributed by atoms with van der Waals surface area (Å²) in [7, 11) is -4.15. The summed E-state index contributed by atoms with van der Waals surface area (Å²) in [5, 5.41) is 5.42. The van der Waals surface area contributed by atoms with Crippen LogP contribution >= 0.6 is 0 Å². The van der Waals surface area contributed by atoms with Crippen LogP contribution in [0.15, 0.2) is 65.7 Å². The first-order chi connectivity index (χ1) is 14.6. The van der Waals surface area contributed by atoms with Crippen LogP contribution in [-0.2, 0) is 15.5 Å². The highest BCUT2D eigenvalue weighted by molar-refractivity contribution is 7.87. The molecule has 0 aliphatic heterocycles. The number of hydrogen-bond donors (Lipinski definition) is 0. The predicted octanol–water partition coefficient (Wildman–Crippen LogP) is 5.10. The normalized spacial score (nSPS) is 12.3. The highest BCUT2D eigenvalue weighted by Crippen LogP contribution is 2.31. The van der Waals surface area contributed by atoms with E-state index >= 15 is 0 Å². The van der Waals surface area contributed by atoms with E-state index in [-0.39, 0.29) is 16.2 Å². The van der Waals surface area contributed by atoms with Gasteiger partial charge in [0.15, 0.2) is 0 Å². The zero-order chi connectivity index (χ0) is 22.4. The molecule has 160 valence electrons. The number of hydrogen-bond acceptors (Lipinski definition) is 5. The van der Waals surface area contributed by atoms with Gasteiger partial charge in [-0.25, -0.2) is 0 Å². The maximum absolute atomic E-state index is 13.3. The molecule has 0 radical (unpaired) electrons. The van der Waals surface area contributed by atoms with Crippen LogP contribution in [0.4, 0.5) is 0 Å². The third-order valence-corrected chi connectivity index (χ3v) is 6.34. The van der Waals surface area contributed by atoms with Gasteiger partial charge in [0.1, 0.15) is 4.90 Å². The molecule has 2 heterocycles. The van der Waals surface area contributed by atoms with E-state index in [2.05, 4.69) is 4.98 Å². The summed E-state index contributed by atoms with van der Waals surface area (Å²) in [4.78, 5) is 4.28. The Hall–Kier alpha value is -3.19. The molecule has 0 fully saturated rings.